The van der Waals surface area contributed by atoms with Crippen LogP contribution in [-0.4, -0.2) is 18.0 Å². The van der Waals surface area contributed by atoms with Gasteiger partial charge in [-0.1, -0.05) is 25.5 Å². The fourth-order valence-corrected chi connectivity index (χ4v) is 2.61. The highest BCUT2D eigenvalue weighted by Crippen LogP contribution is 2.47. The number of hydrogen-bond acceptors (Lipinski definition) is 2. The second kappa shape index (κ2) is 5.52. The van der Waals surface area contributed by atoms with Gasteiger partial charge in [0, 0.05) is 12.0 Å². The molecule has 1 fully saturated rings. The Hall–Kier alpha value is -1.42. The van der Waals surface area contributed by atoms with Gasteiger partial charge < -0.3 is 11.1 Å². The Labute approximate surface area is 119 Å². The van der Waals surface area contributed by atoms with Gasteiger partial charge in [-0.3, -0.25) is 4.79 Å². The zero-order valence-corrected chi connectivity index (χ0v) is 12.2. The van der Waals surface area contributed by atoms with Crippen molar-refractivity contribution in [3.05, 3.63) is 35.6 Å². The molecular formula is C16H23FN2O. The maximum Gasteiger partial charge on any atom is 0.239 e. The zero-order chi connectivity index (χ0) is 14.8. The molecule has 1 amide bonds. The van der Waals surface area contributed by atoms with Gasteiger partial charge in [-0.25, -0.2) is 4.39 Å². The maximum absolute atomic E-state index is 13.0. The number of nitrogens with two attached hydrogens (primary N) is 1. The summed E-state index contributed by atoms with van der Waals surface area (Å²) >= 11 is 0. The maximum atomic E-state index is 13.0. The van der Waals surface area contributed by atoms with E-state index in [1.165, 1.54) is 12.1 Å². The van der Waals surface area contributed by atoms with Crippen molar-refractivity contribution in [1.82, 2.24) is 5.32 Å². The molecule has 1 aliphatic rings. The normalized spacial score (nSPS) is 19.2. The van der Waals surface area contributed by atoms with Gasteiger partial charge in [-0.05, 0) is 43.9 Å². The monoisotopic (exact) mass is 278 g/mol. The molecule has 1 aliphatic carbocycles. The van der Waals surface area contributed by atoms with Crippen LogP contribution in [0.2, 0.25) is 0 Å². The summed E-state index contributed by atoms with van der Waals surface area (Å²) in [5.74, 6) is -0.334. The highest BCUT2D eigenvalue weighted by molar-refractivity contribution is 5.85. The Morgan fingerprint density at radius 1 is 1.40 bits per heavy atom. The number of amides is 1. The van der Waals surface area contributed by atoms with Crippen molar-refractivity contribution in [2.75, 3.05) is 6.54 Å². The third-order valence-electron chi connectivity index (χ3n) is 4.19. The van der Waals surface area contributed by atoms with Crippen molar-refractivity contribution in [2.24, 2.45) is 5.73 Å². The summed E-state index contributed by atoms with van der Waals surface area (Å²) in [5, 5.41) is 2.97. The van der Waals surface area contributed by atoms with Crippen LogP contribution in [0.15, 0.2) is 24.3 Å². The highest BCUT2D eigenvalue weighted by Gasteiger charge is 2.45. The van der Waals surface area contributed by atoms with Crippen LogP contribution in [0.25, 0.3) is 0 Å². The predicted molar refractivity (Wildman–Crippen MR) is 77.8 cm³/mol. The molecule has 1 aromatic rings. The molecule has 3 nitrogen and oxygen atoms in total. The van der Waals surface area contributed by atoms with E-state index in [1.54, 1.807) is 6.92 Å². The Morgan fingerprint density at radius 3 is 2.50 bits per heavy atom. The largest absolute Gasteiger partial charge is 0.354 e. The van der Waals surface area contributed by atoms with Crippen molar-refractivity contribution in [1.29, 1.82) is 0 Å². The summed E-state index contributed by atoms with van der Waals surface area (Å²) in [5.41, 5.74) is 6.27. The summed E-state index contributed by atoms with van der Waals surface area (Å²) in [6.45, 7) is 4.36. The van der Waals surface area contributed by atoms with E-state index in [-0.39, 0.29) is 17.1 Å². The molecule has 0 saturated heterocycles. The molecular weight excluding hydrogens is 255 g/mol. The fraction of sp³-hybridized carbons (Fsp3) is 0.562. The number of rotatable bonds is 6. The van der Waals surface area contributed by atoms with Crippen molar-refractivity contribution in [2.45, 2.75) is 50.5 Å². The van der Waals surface area contributed by atoms with E-state index >= 15 is 0 Å². The summed E-state index contributed by atoms with van der Waals surface area (Å²) in [6, 6.07) is 6.56. The molecule has 1 saturated carbocycles. The summed E-state index contributed by atoms with van der Waals surface area (Å²) in [4.78, 5) is 12.1. The lowest BCUT2D eigenvalue weighted by atomic mass is 9.93. The van der Waals surface area contributed by atoms with E-state index in [2.05, 4.69) is 5.32 Å². The fourth-order valence-electron chi connectivity index (χ4n) is 2.61. The molecule has 3 N–H and O–H groups in total. The standard InChI is InChI=1S/C16H23FN2O/c1-3-8-15(2,18)14(20)19-11-16(9-10-16)12-4-6-13(17)7-5-12/h4-7H,3,8-11,18H2,1-2H3,(H,19,20). The third kappa shape index (κ3) is 3.18. The lowest BCUT2D eigenvalue weighted by Crippen LogP contribution is -2.52. The topological polar surface area (TPSA) is 55.1 Å². The molecule has 1 atom stereocenters. The first kappa shape index (κ1) is 15.0. The van der Waals surface area contributed by atoms with Crippen LogP contribution in [0.5, 0.6) is 0 Å². The molecule has 20 heavy (non-hydrogen) atoms. The first-order valence-electron chi connectivity index (χ1n) is 7.23. The van der Waals surface area contributed by atoms with E-state index in [0.717, 1.165) is 24.8 Å². The summed E-state index contributed by atoms with van der Waals surface area (Å²) < 4.78 is 13.0. The number of benzene rings is 1. The van der Waals surface area contributed by atoms with E-state index < -0.39 is 5.54 Å². The molecule has 0 aromatic heterocycles. The van der Waals surface area contributed by atoms with Crippen LogP contribution < -0.4 is 11.1 Å². The Balaban J connectivity index is 1.97. The number of halogens is 1. The Bertz CT molecular complexity index is 478. The van der Waals surface area contributed by atoms with Gasteiger partial charge in [-0.15, -0.1) is 0 Å². The Morgan fingerprint density at radius 2 is 2.00 bits per heavy atom. The van der Waals surface area contributed by atoms with Gasteiger partial charge in [0.25, 0.3) is 0 Å². The average molecular weight is 278 g/mol. The molecule has 4 heteroatoms. The molecule has 2 rings (SSSR count). The van der Waals surface area contributed by atoms with Crippen molar-refractivity contribution in [3.8, 4) is 0 Å². The number of nitrogens with one attached hydrogen (secondary N) is 1. The second-order valence-electron chi connectivity index (χ2n) is 6.14. The molecule has 0 bridgehead atoms. The minimum atomic E-state index is -0.812. The zero-order valence-electron chi connectivity index (χ0n) is 12.2. The van der Waals surface area contributed by atoms with Crippen LogP contribution in [-0.2, 0) is 10.2 Å². The van der Waals surface area contributed by atoms with E-state index in [0.29, 0.717) is 13.0 Å². The molecule has 1 unspecified atom stereocenters. The van der Waals surface area contributed by atoms with Gasteiger partial charge in [0.05, 0.1) is 5.54 Å². The van der Waals surface area contributed by atoms with E-state index in [9.17, 15) is 9.18 Å². The number of hydrogen-bond donors (Lipinski definition) is 2. The second-order valence-corrected chi connectivity index (χ2v) is 6.14. The first-order valence-corrected chi connectivity index (χ1v) is 7.23. The minimum absolute atomic E-state index is 0.0222. The van der Waals surface area contributed by atoms with Gasteiger partial charge in [-0.2, -0.15) is 0 Å². The van der Waals surface area contributed by atoms with E-state index in [4.69, 9.17) is 5.73 Å². The van der Waals surface area contributed by atoms with Crippen LogP contribution >= 0.6 is 0 Å². The number of carbonyl (C=O) groups is 1. The van der Waals surface area contributed by atoms with Crippen molar-refractivity contribution >= 4 is 5.91 Å². The lowest BCUT2D eigenvalue weighted by molar-refractivity contribution is -0.126. The van der Waals surface area contributed by atoms with Crippen molar-refractivity contribution < 1.29 is 9.18 Å². The molecule has 0 spiro atoms. The molecule has 0 radical (unpaired) electrons. The molecule has 110 valence electrons. The first-order chi connectivity index (χ1) is 9.39. The van der Waals surface area contributed by atoms with Gasteiger partial charge in [0.15, 0.2) is 0 Å². The van der Waals surface area contributed by atoms with Gasteiger partial charge in [0.1, 0.15) is 5.82 Å². The lowest BCUT2D eigenvalue weighted by Gasteiger charge is -2.25. The van der Waals surface area contributed by atoms with Crippen LogP contribution in [0.4, 0.5) is 4.39 Å². The van der Waals surface area contributed by atoms with E-state index in [1.807, 2.05) is 19.1 Å². The molecule has 0 aliphatic heterocycles. The van der Waals surface area contributed by atoms with Crippen LogP contribution in [0.1, 0.15) is 45.1 Å². The summed E-state index contributed by atoms with van der Waals surface area (Å²) in [6.07, 6.45) is 3.59. The van der Waals surface area contributed by atoms with Crippen LogP contribution in [0, 0.1) is 5.82 Å². The quantitative estimate of drug-likeness (QED) is 0.840. The minimum Gasteiger partial charge on any atom is -0.354 e. The third-order valence-corrected chi connectivity index (χ3v) is 4.19. The predicted octanol–water partition coefficient (Wildman–Crippen LogP) is 2.49. The smallest absolute Gasteiger partial charge is 0.239 e. The van der Waals surface area contributed by atoms with Crippen molar-refractivity contribution in [3.63, 3.8) is 0 Å². The van der Waals surface area contributed by atoms with Crippen LogP contribution in [0.3, 0.4) is 0 Å². The highest BCUT2D eigenvalue weighted by atomic mass is 19.1. The average Bonchev–Trinajstić information content (AvgIpc) is 3.18. The Kier molecular flexibility index (Phi) is 4.14. The number of carbonyl (C=O) groups excluding carboxylic acids is 1. The SMILES string of the molecule is CCCC(C)(N)C(=O)NCC1(c2ccc(F)cc2)CC1. The molecule has 0 heterocycles. The molecule has 1 aromatic carbocycles. The van der Waals surface area contributed by atoms with Gasteiger partial charge in [0.2, 0.25) is 5.91 Å². The summed E-state index contributed by atoms with van der Waals surface area (Å²) in [7, 11) is 0. The van der Waals surface area contributed by atoms with Gasteiger partial charge >= 0.3 is 0 Å².